The number of halogens is 1. The highest BCUT2D eigenvalue weighted by Crippen LogP contribution is 2.19. The highest BCUT2D eigenvalue weighted by molar-refractivity contribution is 7.15. The van der Waals surface area contributed by atoms with Gasteiger partial charge in [-0.15, -0.1) is 11.3 Å². The maximum absolute atomic E-state index is 5.73. The first-order valence-electron chi connectivity index (χ1n) is 3.97. The molecule has 0 aliphatic heterocycles. The molecule has 2 heterocycles. The van der Waals surface area contributed by atoms with E-state index in [0.717, 1.165) is 10.8 Å². The molecule has 2 aromatic heterocycles. The minimum atomic E-state index is 0.446. The topological polar surface area (TPSA) is 35.0 Å². The van der Waals surface area contributed by atoms with Crippen molar-refractivity contribution in [1.29, 1.82) is 0 Å². The van der Waals surface area contributed by atoms with Gasteiger partial charge in [0.25, 0.3) is 0 Å². The van der Waals surface area contributed by atoms with Crippen molar-refractivity contribution in [1.82, 2.24) is 9.97 Å². The van der Waals surface area contributed by atoms with Gasteiger partial charge in [0.05, 0.1) is 6.20 Å². The normalized spacial score (nSPS) is 10.1. The molecule has 0 fully saturated rings. The average molecular weight is 227 g/mol. The molecular formula is C9H7ClN2OS. The van der Waals surface area contributed by atoms with Gasteiger partial charge in [0.1, 0.15) is 21.7 Å². The summed E-state index contributed by atoms with van der Waals surface area (Å²) in [4.78, 5) is 7.97. The molecule has 0 aliphatic carbocycles. The van der Waals surface area contributed by atoms with E-state index < -0.39 is 0 Å². The Hall–Kier alpha value is -1.13. The Morgan fingerprint density at radius 2 is 2.14 bits per heavy atom. The molecule has 0 aromatic carbocycles. The van der Waals surface area contributed by atoms with Gasteiger partial charge in [-0.2, -0.15) is 0 Å². The third-order valence-electron chi connectivity index (χ3n) is 1.54. The first-order chi connectivity index (χ1) is 6.84. The first-order valence-corrected chi connectivity index (χ1v) is 5.17. The zero-order valence-corrected chi connectivity index (χ0v) is 8.76. The van der Waals surface area contributed by atoms with E-state index >= 15 is 0 Å². The smallest absolute Gasteiger partial charge is 0.140 e. The number of hydrogen-bond donors (Lipinski definition) is 0. The van der Waals surface area contributed by atoms with Crippen LogP contribution in [-0.2, 0) is 6.61 Å². The summed E-state index contributed by atoms with van der Waals surface area (Å²) in [5.41, 5.74) is 0. The van der Waals surface area contributed by atoms with Gasteiger partial charge in [-0.25, -0.2) is 4.98 Å². The van der Waals surface area contributed by atoms with Gasteiger partial charge in [0.15, 0.2) is 0 Å². The fourth-order valence-electron chi connectivity index (χ4n) is 0.934. The van der Waals surface area contributed by atoms with Crippen LogP contribution in [0.1, 0.15) is 5.01 Å². The largest absolute Gasteiger partial charge is 0.486 e. The lowest BCUT2D eigenvalue weighted by molar-refractivity contribution is 0.305. The van der Waals surface area contributed by atoms with Crippen LogP contribution >= 0.6 is 22.9 Å². The third kappa shape index (κ3) is 2.43. The molecule has 0 atom stereocenters. The molecule has 0 bridgehead atoms. The lowest BCUT2D eigenvalue weighted by Crippen LogP contribution is -1.93. The van der Waals surface area contributed by atoms with Gasteiger partial charge in [0, 0.05) is 12.4 Å². The second-order valence-electron chi connectivity index (χ2n) is 2.53. The van der Waals surface area contributed by atoms with Gasteiger partial charge < -0.3 is 4.74 Å². The van der Waals surface area contributed by atoms with Crippen molar-refractivity contribution in [2.45, 2.75) is 6.61 Å². The van der Waals surface area contributed by atoms with Crippen LogP contribution in [0.5, 0.6) is 5.75 Å². The number of pyridine rings is 1. The molecule has 0 amide bonds. The Bertz CT molecular complexity index is 404. The minimum Gasteiger partial charge on any atom is -0.486 e. The standard InChI is InChI=1S/C9H7ClN2OS/c10-8-5-12-9(14-8)6-13-7-1-3-11-4-2-7/h1-5H,6H2. The Labute approximate surface area is 90.3 Å². The van der Waals surface area contributed by atoms with Gasteiger partial charge >= 0.3 is 0 Å². The zero-order chi connectivity index (χ0) is 9.80. The van der Waals surface area contributed by atoms with E-state index in [1.807, 2.05) is 0 Å². The molecule has 3 nitrogen and oxygen atoms in total. The summed E-state index contributed by atoms with van der Waals surface area (Å²) in [6.45, 7) is 0.446. The molecule has 0 spiro atoms. The zero-order valence-electron chi connectivity index (χ0n) is 7.18. The average Bonchev–Trinajstić information content (AvgIpc) is 2.63. The summed E-state index contributed by atoms with van der Waals surface area (Å²) < 4.78 is 6.13. The summed E-state index contributed by atoms with van der Waals surface area (Å²) in [5.74, 6) is 0.784. The van der Waals surface area contributed by atoms with Crippen molar-refractivity contribution in [3.63, 3.8) is 0 Å². The van der Waals surface area contributed by atoms with Crippen LogP contribution in [0.3, 0.4) is 0 Å². The maximum atomic E-state index is 5.73. The number of hydrogen-bond acceptors (Lipinski definition) is 4. The SMILES string of the molecule is Clc1cnc(COc2ccncc2)s1. The van der Waals surface area contributed by atoms with E-state index in [1.165, 1.54) is 11.3 Å². The first kappa shape index (κ1) is 9.43. The Morgan fingerprint density at radius 1 is 1.36 bits per heavy atom. The second-order valence-corrected chi connectivity index (χ2v) is 4.28. The molecule has 72 valence electrons. The van der Waals surface area contributed by atoms with Crippen LogP contribution in [0, 0.1) is 0 Å². The number of rotatable bonds is 3. The third-order valence-corrected chi connectivity index (χ3v) is 2.63. The molecule has 2 aromatic rings. The van der Waals surface area contributed by atoms with Crippen LogP contribution in [-0.4, -0.2) is 9.97 Å². The highest BCUT2D eigenvalue weighted by Gasteiger charge is 2.00. The number of aromatic nitrogens is 2. The van der Waals surface area contributed by atoms with Crippen LogP contribution in [0.4, 0.5) is 0 Å². The van der Waals surface area contributed by atoms with Gasteiger partial charge in [-0.3, -0.25) is 4.98 Å². The fourth-order valence-corrected chi connectivity index (χ4v) is 1.80. The van der Waals surface area contributed by atoms with Crippen molar-refractivity contribution in [3.05, 3.63) is 40.1 Å². The molecular weight excluding hydrogens is 220 g/mol. The lowest BCUT2D eigenvalue weighted by Gasteiger charge is -2.01. The van der Waals surface area contributed by atoms with Crippen LogP contribution in [0.25, 0.3) is 0 Å². The summed E-state index contributed by atoms with van der Waals surface area (Å²) in [6, 6.07) is 3.60. The van der Waals surface area contributed by atoms with E-state index in [4.69, 9.17) is 16.3 Å². The molecule has 5 heteroatoms. The monoisotopic (exact) mass is 226 g/mol. The lowest BCUT2D eigenvalue weighted by atomic mass is 10.4. The number of ether oxygens (including phenoxy) is 1. The van der Waals surface area contributed by atoms with Crippen molar-refractivity contribution in [3.8, 4) is 5.75 Å². The van der Waals surface area contributed by atoms with E-state index in [0.29, 0.717) is 10.9 Å². The van der Waals surface area contributed by atoms with Crippen LogP contribution in [0.15, 0.2) is 30.7 Å². The van der Waals surface area contributed by atoms with Crippen LogP contribution in [0.2, 0.25) is 4.34 Å². The molecule has 0 saturated heterocycles. The fraction of sp³-hybridized carbons (Fsp3) is 0.111. The molecule has 0 saturated carbocycles. The van der Waals surface area contributed by atoms with Crippen molar-refractivity contribution in [2.75, 3.05) is 0 Å². The molecule has 0 aliphatic rings. The Balaban J connectivity index is 1.95. The highest BCUT2D eigenvalue weighted by atomic mass is 35.5. The summed E-state index contributed by atoms with van der Waals surface area (Å²) >= 11 is 7.15. The van der Waals surface area contributed by atoms with E-state index in [-0.39, 0.29) is 0 Å². The van der Waals surface area contributed by atoms with Gasteiger partial charge in [-0.1, -0.05) is 11.6 Å². The van der Waals surface area contributed by atoms with Gasteiger partial charge in [-0.05, 0) is 12.1 Å². The van der Waals surface area contributed by atoms with E-state index in [2.05, 4.69) is 9.97 Å². The molecule has 0 radical (unpaired) electrons. The molecule has 0 unspecified atom stereocenters. The van der Waals surface area contributed by atoms with E-state index in [9.17, 15) is 0 Å². The second kappa shape index (κ2) is 4.39. The number of thiazole rings is 1. The molecule has 0 N–H and O–H groups in total. The van der Waals surface area contributed by atoms with Crippen molar-refractivity contribution in [2.24, 2.45) is 0 Å². The van der Waals surface area contributed by atoms with Crippen LogP contribution < -0.4 is 4.74 Å². The molecule has 2 rings (SSSR count). The Morgan fingerprint density at radius 3 is 2.79 bits per heavy atom. The van der Waals surface area contributed by atoms with Crippen molar-refractivity contribution < 1.29 is 4.74 Å². The quantitative estimate of drug-likeness (QED) is 0.807. The predicted octanol–water partition coefficient (Wildman–Crippen LogP) is 2.77. The maximum Gasteiger partial charge on any atom is 0.140 e. The minimum absolute atomic E-state index is 0.446. The molecule has 14 heavy (non-hydrogen) atoms. The van der Waals surface area contributed by atoms with Gasteiger partial charge in [0.2, 0.25) is 0 Å². The number of nitrogens with zero attached hydrogens (tertiary/aromatic N) is 2. The summed E-state index contributed by atoms with van der Waals surface area (Å²) in [6.07, 6.45) is 4.99. The Kier molecular flexibility index (Phi) is 2.96. The van der Waals surface area contributed by atoms with E-state index in [1.54, 1.807) is 30.7 Å². The van der Waals surface area contributed by atoms with Crippen molar-refractivity contribution >= 4 is 22.9 Å². The predicted molar refractivity (Wildman–Crippen MR) is 55.7 cm³/mol. The summed E-state index contributed by atoms with van der Waals surface area (Å²) in [5, 5.41) is 0.867. The summed E-state index contributed by atoms with van der Waals surface area (Å²) in [7, 11) is 0.